The molecule has 22 heavy (non-hydrogen) atoms. The first-order valence-corrected chi connectivity index (χ1v) is 8.74. The molecule has 5 heteroatoms. The van der Waals surface area contributed by atoms with Crippen molar-refractivity contribution in [2.24, 2.45) is 0 Å². The van der Waals surface area contributed by atoms with E-state index in [9.17, 15) is 8.42 Å². The molecule has 0 saturated heterocycles. The molecule has 0 aromatic heterocycles. The largest absolute Gasteiger partial charge is 0.216 e. The number of hydrogen-bond acceptors (Lipinski definition) is 3. The zero-order chi connectivity index (χ0) is 15.6. The highest BCUT2D eigenvalue weighted by Crippen LogP contribution is 2.46. The lowest BCUT2D eigenvalue weighted by Gasteiger charge is -2.18. The summed E-state index contributed by atoms with van der Waals surface area (Å²) in [6.07, 6.45) is 1.63. The predicted molar refractivity (Wildman–Crippen MR) is 84.3 cm³/mol. The molecule has 0 amide bonds. The molecule has 2 aromatic carbocycles. The van der Waals surface area contributed by atoms with E-state index >= 15 is 0 Å². The molecule has 0 spiro atoms. The summed E-state index contributed by atoms with van der Waals surface area (Å²) in [7, 11) is -3.46. The van der Waals surface area contributed by atoms with Gasteiger partial charge in [-0.3, -0.25) is 0 Å². The Morgan fingerprint density at radius 1 is 1.09 bits per heavy atom. The second kappa shape index (κ2) is 5.56. The van der Waals surface area contributed by atoms with Gasteiger partial charge in [-0.25, -0.2) is 13.1 Å². The first kappa shape index (κ1) is 14.8. The van der Waals surface area contributed by atoms with Crippen LogP contribution < -0.4 is 4.72 Å². The lowest BCUT2D eigenvalue weighted by atomic mass is 10.1. The molecule has 0 bridgehead atoms. The van der Waals surface area contributed by atoms with Gasteiger partial charge in [-0.1, -0.05) is 42.5 Å². The summed E-state index contributed by atoms with van der Waals surface area (Å²) in [6.45, 7) is 0. The van der Waals surface area contributed by atoms with Crippen LogP contribution in [0.4, 0.5) is 0 Å². The van der Waals surface area contributed by atoms with Crippen molar-refractivity contribution in [3.05, 3.63) is 71.3 Å². The minimum absolute atomic E-state index is 0.114. The molecule has 0 heterocycles. The van der Waals surface area contributed by atoms with Crippen LogP contribution in [0.5, 0.6) is 0 Å². The van der Waals surface area contributed by atoms with Crippen LogP contribution in [0.3, 0.4) is 0 Å². The normalized spacial score (nSPS) is 16.0. The van der Waals surface area contributed by atoms with Crippen molar-refractivity contribution in [3.63, 3.8) is 0 Å². The van der Waals surface area contributed by atoms with Gasteiger partial charge in [0.15, 0.2) is 0 Å². The van der Waals surface area contributed by atoms with E-state index in [1.807, 2.05) is 36.4 Å². The fourth-order valence-corrected chi connectivity index (χ4v) is 4.22. The van der Waals surface area contributed by atoms with E-state index in [4.69, 9.17) is 5.26 Å². The van der Waals surface area contributed by atoms with Crippen molar-refractivity contribution in [2.75, 3.05) is 0 Å². The second-order valence-electron chi connectivity index (χ2n) is 5.62. The van der Waals surface area contributed by atoms with Crippen LogP contribution in [0.1, 0.15) is 29.5 Å². The molecule has 1 N–H and O–H groups in total. The number of hydrogen-bond donors (Lipinski definition) is 1. The summed E-state index contributed by atoms with van der Waals surface area (Å²) in [6, 6.07) is 18.4. The highest BCUT2D eigenvalue weighted by atomic mass is 32.2. The third-order valence-corrected chi connectivity index (χ3v) is 5.26. The Morgan fingerprint density at radius 3 is 2.45 bits per heavy atom. The number of sulfonamides is 1. The molecular weight excluding hydrogens is 296 g/mol. The summed E-state index contributed by atoms with van der Waals surface area (Å²) in [5.41, 5.74) is 1.64. The maximum atomic E-state index is 12.4. The maximum absolute atomic E-state index is 12.4. The number of rotatable bonds is 5. The Morgan fingerprint density at radius 2 is 1.82 bits per heavy atom. The third kappa shape index (κ3) is 3.19. The monoisotopic (exact) mass is 312 g/mol. The average molecular weight is 312 g/mol. The van der Waals surface area contributed by atoms with Gasteiger partial charge in [-0.15, -0.1) is 0 Å². The van der Waals surface area contributed by atoms with E-state index in [0.29, 0.717) is 11.1 Å². The van der Waals surface area contributed by atoms with Crippen molar-refractivity contribution in [2.45, 2.75) is 24.1 Å². The van der Waals surface area contributed by atoms with Crippen LogP contribution in [-0.4, -0.2) is 8.42 Å². The van der Waals surface area contributed by atoms with Crippen LogP contribution in [0.25, 0.3) is 0 Å². The Balaban J connectivity index is 1.78. The summed E-state index contributed by atoms with van der Waals surface area (Å²) in [4.78, 5) is 0. The maximum Gasteiger partial charge on any atom is 0.216 e. The summed E-state index contributed by atoms with van der Waals surface area (Å²) >= 11 is 0. The smallest absolute Gasteiger partial charge is 0.212 e. The Labute approximate surface area is 130 Å². The second-order valence-corrected chi connectivity index (χ2v) is 7.34. The third-order valence-electron chi connectivity index (χ3n) is 3.84. The van der Waals surface area contributed by atoms with E-state index < -0.39 is 15.6 Å². The molecule has 1 aliphatic carbocycles. The average Bonchev–Trinajstić information content (AvgIpc) is 3.28. The van der Waals surface area contributed by atoms with Crippen molar-refractivity contribution in [3.8, 4) is 6.07 Å². The van der Waals surface area contributed by atoms with E-state index in [1.165, 1.54) is 0 Å². The molecule has 4 nitrogen and oxygen atoms in total. The van der Waals surface area contributed by atoms with Crippen molar-refractivity contribution in [1.82, 2.24) is 4.72 Å². The van der Waals surface area contributed by atoms with E-state index in [-0.39, 0.29) is 5.75 Å². The molecule has 0 radical (unpaired) electrons. The summed E-state index contributed by atoms with van der Waals surface area (Å²) < 4.78 is 27.7. The topological polar surface area (TPSA) is 70.0 Å². The van der Waals surface area contributed by atoms with Crippen LogP contribution >= 0.6 is 0 Å². The number of benzene rings is 2. The quantitative estimate of drug-likeness (QED) is 0.922. The molecule has 0 atom stereocenters. The Hall–Kier alpha value is -2.16. The van der Waals surface area contributed by atoms with Gasteiger partial charge in [0.1, 0.15) is 0 Å². The van der Waals surface area contributed by atoms with Gasteiger partial charge in [0, 0.05) is 0 Å². The van der Waals surface area contributed by atoms with Crippen molar-refractivity contribution >= 4 is 10.0 Å². The van der Waals surface area contributed by atoms with Crippen LogP contribution in [-0.2, 0) is 21.3 Å². The Kier molecular flexibility index (Phi) is 3.73. The molecule has 112 valence electrons. The minimum Gasteiger partial charge on any atom is -0.212 e. The van der Waals surface area contributed by atoms with Gasteiger partial charge in [0.2, 0.25) is 10.0 Å². The number of nitrogens with zero attached hydrogens (tertiary/aromatic N) is 1. The summed E-state index contributed by atoms with van der Waals surface area (Å²) in [5, 5.41) is 8.89. The molecule has 0 aliphatic heterocycles. The van der Waals surface area contributed by atoms with Crippen molar-refractivity contribution < 1.29 is 8.42 Å². The van der Waals surface area contributed by atoms with E-state index in [1.54, 1.807) is 24.3 Å². The fourth-order valence-electron chi connectivity index (χ4n) is 2.62. The van der Waals surface area contributed by atoms with Crippen LogP contribution in [0.15, 0.2) is 54.6 Å². The van der Waals surface area contributed by atoms with Gasteiger partial charge in [-0.2, -0.15) is 5.26 Å². The zero-order valence-corrected chi connectivity index (χ0v) is 12.8. The molecule has 1 saturated carbocycles. The summed E-state index contributed by atoms with van der Waals surface area (Å²) in [5.74, 6) is -0.114. The first-order valence-electron chi connectivity index (χ1n) is 7.09. The van der Waals surface area contributed by atoms with Gasteiger partial charge < -0.3 is 0 Å². The SMILES string of the molecule is N#Cc1cccc(CS(=O)(=O)NC2(c3ccccc3)CC2)c1. The molecule has 1 aliphatic rings. The van der Waals surface area contributed by atoms with Crippen LogP contribution in [0.2, 0.25) is 0 Å². The fraction of sp³-hybridized carbons (Fsp3) is 0.235. The molecule has 2 aromatic rings. The first-order chi connectivity index (χ1) is 10.5. The van der Waals surface area contributed by atoms with E-state index in [0.717, 1.165) is 18.4 Å². The molecule has 0 unspecified atom stereocenters. The van der Waals surface area contributed by atoms with Gasteiger partial charge in [0.25, 0.3) is 0 Å². The Bertz CT molecular complexity index is 819. The van der Waals surface area contributed by atoms with Gasteiger partial charge in [0.05, 0.1) is 22.9 Å². The number of nitrogens with one attached hydrogen (secondary N) is 1. The minimum atomic E-state index is -3.46. The highest BCUT2D eigenvalue weighted by Gasteiger charge is 2.47. The predicted octanol–water partition coefficient (Wildman–Crippen LogP) is 2.67. The molecule has 1 fully saturated rings. The van der Waals surface area contributed by atoms with E-state index in [2.05, 4.69) is 4.72 Å². The highest BCUT2D eigenvalue weighted by molar-refractivity contribution is 7.88. The van der Waals surface area contributed by atoms with Crippen LogP contribution in [0, 0.1) is 11.3 Å². The lowest BCUT2D eigenvalue weighted by molar-refractivity contribution is 0.551. The zero-order valence-electron chi connectivity index (χ0n) is 12.0. The molecule has 3 rings (SSSR count). The van der Waals surface area contributed by atoms with Gasteiger partial charge in [-0.05, 0) is 36.1 Å². The lowest BCUT2D eigenvalue weighted by Crippen LogP contribution is -2.35. The number of nitriles is 1. The molecular formula is C17H16N2O2S. The standard InChI is InChI=1S/C17H16N2O2S/c18-12-14-5-4-6-15(11-14)13-22(20,21)19-17(9-10-17)16-7-2-1-3-8-16/h1-8,11,19H,9-10,13H2. The van der Waals surface area contributed by atoms with Gasteiger partial charge >= 0.3 is 0 Å². The van der Waals surface area contributed by atoms with Crippen molar-refractivity contribution in [1.29, 1.82) is 5.26 Å².